The second-order valence-corrected chi connectivity index (χ2v) is 6.97. The van der Waals surface area contributed by atoms with Crippen LogP contribution >= 0.6 is 0 Å². The summed E-state index contributed by atoms with van der Waals surface area (Å²) in [5.41, 5.74) is 1.70. The van der Waals surface area contributed by atoms with Crippen LogP contribution in [0.1, 0.15) is 35.7 Å². The molecule has 1 amide bonds. The van der Waals surface area contributed by atoms with Crippen LogP contribution in [0.5, 0.6) is 5.75 Å². The van der Waals surface area contributed by atoms with E-state index in [-0.39, 0.29) is 11.3 Å². The lowest BCUT2D eigenvalue weighted by molar-refractivity contribution is -0.139. The van der Waals surface area contributed by atoms with Crippen molar-refractivity contribution < 1.29 is 19.4 Å². The Labute approximate surface area is 153 Å². The summed E-state index contributed by atoms with van der Waals surface area (Å²) in [5, 5.41) is 8.72. The minimum atomic E-state index is -1.05. The molecule has 1 fully saturated rings. The number of benzene rings is 2. The van der Waals surface area contributed by atoms with Gasteiger partial charge in [-0.15, -0.1) is 0 Å². The Morgan fingerprint density at radius 3 is 2.65 bits per heavy atom. The first-order chi connectivity index (χ1) is 12.5. The molecule has 0 saturated carbocycles. The highest BCUT2D eigenvalue weighted by Crippen LogP contribution is 2.34. The van der Waals surface area contributed by atoms with Crippen molar-refractivity contribution in [1.29, 1.82) is 0 Å². The minimum Gasteiger partial charge on any atom is -0.482 e. The van der Waals surface area contributed by atoms with Crippen LogP contribution in [0.15, 0.2) is 54.6 Å². The number of rotatable bonds is 5. The van der Waals surface area contributed by atoms with E-state index in [9.17, 15) is 9.59 Å². The first kappa shape index (κ1) is 18.0. The summed E-state index contributed by atoms with van der Waals surface area (Å²) in [7, 11) is 0. The minimum absolute atomic E-state index is 0.0485. The zero-order valence-electron chi connectivity index (χ0n) is 14.9. The van der Waals surface area contributed by atoms with E-state index in [4.69, 9.17) is 9.84 Å². The molecule has 5 nitrogen and oxygen atoms in total. The average molecular weight is 353 g/mol. The van der Waals surface area contributed by atoms with Gasteiger partial charge in [-0.25, -0.2) is 4.79 Å². The number of nitrogens with zero attached hydrogens (tertiary/aromatic N) is 1. The van der Waals surface area contributed by atoms with Gasteiger partial charge in [0.05, 0.1) is 0 Å². The summed E-state index contributed by atoms with van der Waals surface area (Å²) in [5.74, 6) is -0.704. The first-order valence-electron chi connectivity index (χ1n) is 8.77. The summed E-state index contributed by atoms with van der Waals surface area (Å²) in [6.07, 6.45) is 1.99. The molecule has 1 heterocycles. The number of carbonyl (C=O) groups is 2. The van der Waals surface area contributed by atoms with E-state index >= 15 is 0 Å². The van der Waals surface area contributed by atoms with Crippen LogP contribution < -0.4 is 4.74 Å². The van der Waals surface area contributed by atoms with Crippen molar-refractivity contribution >= 4 is 11.9 Å². The molecule has 136 valence electrons. The fourth-order valence-electron chi connectivity index (χ4n) is 3.54. The Balaban J connectivity index is 1.75. The molecule has 1 unspecified atom stereocenters. The SMILES string of the molecule is CC1(c2ccccc2)CCCN(C(=O)c2cccc(OCC(=O)O)c2)C1. The number of ether oxygens (including phenoxy) is 1. The Kier molecular flexibility index (Phi) is 5.26. The van der Waals surface area contributed by atoms with Crippen molar-refractivity contribution in [3.63, 3.8) is 0 Å². The molecule has 0 spiro atoms. The van der Waals surface area contributed by atoms with Gasteiger partial charge in [-0.1, -0.05) is 43.3 Å². The lowest BCUT2D eigenvalue weighted by Crippen LogP contribution is -2.47. The van der Waals surface area contributed by atoms with Crippen LogP contribution in [0.4, 0.5) is 0 Å². The molecule has 1 saturated heterocycles. The fraction of sp³-hybridized carbons (Fsp3) is 0.333. The van der Waals surface area contributed by atoms with Gasteiger partial charge >= 0.3 is 5.97 Å². The van der Waals surface area contributed by atoms with Crippen LogP contribution in [0, 0.1) is 0 Å². The van der Waals surface area contributed by atoms with Gasteiger partial charge < -0.3 is 14.7 Å². The topological polar surface area (TPSA) is 66.8 Å². The highest BCUT2D eigenvalue weighted by atomic mass is 16.5. The number of hydrogen-bond acceptors (Lipinski definition) is 3. The standard InChI is InChI=1S/C21H23NO4/c1-21(17-8-3-2-4-9-17)11-6-12-22(15-21)20(25)16-7-5-10-18(13-16)26-14-19(23)24/h2-5,7-10,13H,6,11-12,14-15H2,1H3,(H,23,24). The second-order valence-electron chi connectivity index (χ2n) is 6.97. The van der Waals surface area contributed by atoms with Crippen molar-refractivity contribution in [2.24, 2.45) is 0 Å². The van der Waals surface area contributed by atoms with Crippen LogP contribution in [-0.2, 0) is 10.2 Å². The maximum Gasteiger partial charge on any atom is 0.341 e. The van der Waals surface area contributed by atoms with Crippen molar-refractivity contribution in [1.82, 2.24) is 4.90 Å². The summed E-state index contributed by atoms with van der Waals surface area (Å²) < 4.78 is 5.19. The normalized spacial score (nSPS) is 19.8. The van der Waals surface area contributed by atoms with Crippen molar-refractivity contribution in [3.8, 4) is 5.75 Å². The largest absolute Gasteiger partial charge is 0.482 e. The quantitative estimate of drug-likeness (QED) is 0.895. The van der Waals surface area contributed by atoms with Crippen LogP contribution in [-0.4, -0.2) is 41.6 Å². The Hall–Kier alpha value is -2.82. The number of aliphatic carboxylic acids is 1. The van der Waals surface area contributed by atoms with Gasteiger partial charge in [-0.3, -0.25) is 4.79 Å². The number of carboxylic acid groups (broad SMARTS) is 1. The molecule has 0 aliphatic carbocycles. The molecule has 3 rings (SSSR count). The number of hydrogen-bond donors (Lipinski definition) is 1. The highest BCUT2D eigenvalue weighted by molar-refractivity contribution is 5.94. The summed E-state index contributed by atoms with van der Waals surface area (Å²) >= 11 is 0. The van der Waals surface area contributed by atoms with E-state index in [2.05, 4.69) is 19.1 Å². The maximum atomic E-state index is 13.0. The van der Waals surface area contributed by atoms with Gasteiger partial charge in [-0.05, 0) is 36.6 Å². The lowest BCUT2D eigenvalue weighted by Gasteiger charge is -2.41. The molecule has 0 bridgehead atoms. The Morgan fingerprint density at radius 1 is 1.15 bits per heavy atom. The average Bonchev–Trinajstić information content (AvgIpc) is 2.67. The molecular formula is C21H23NO4. The number of likely N-dealkylation sites (tertiary alicyclic amines) is 1. The zero-order chi connectivity index (χ0) is 18.6. The highest BCUT2D eigenvalue weighted by Gasteiger charge is 2.34. The van der Waals surface area contributed by atoms with Crippen molar-refractivity contribution in [3.05, 3.63) is 65.7 Å². The van der Waals surface area contributed by atoms with Crippen molar-refractivity contribution in [2.75, 3.05) is 19.7 Å². The van der Waals surface area contributed by atoms with Crippen molar-refractivity contribution in [2.45, 2.75) is 25.2 Å². The maximum absolute atomic E-state index is 13.0. The van der Waals surface area contributed by atoms with Gasteiger partial charge in [0.1, 0.15) is 5.75 Å². The number of piperidine rings is 1. The van der Waals surface area contributed by atoms with Crippen LogP contribution in [0.2, 0.25) is 0 Å². The van der Waals surface area contributed by atoms with E-state index in [0.29, 0.717) is 17.9 Å². The Morgan fingerprint density at radius 2 is 1.92 bits per heavy atom. The molecule has 26 heavy (non-hydrogen) atoms. The molecule has 1 aliphatic rings. The number of carboxylic acids is 1. The number of amides is 1. The third kappa shape index (κ3) is 4.04. The molecule has 5 heteroatoms. The van der Waals surface area contributed by atoms with E-state index in [1.54, 1.807) is 24.3 Å². The van der Waals surface area contributed by atoms with Gasteiger partial charge in [-0.2, -0.15) is 0 Å². The summed E-state index contributed by atoms with van der Waals surface area (Å²) in [6.45, 7) is 3.17. The van der Waals surface area contributed by atoms with E-state index in [1.807, 2.05) is 23.1 Å². The predicted octanol–water partition coefficient (Wildman–Crippen LogP) is 3.34. The molecule has 1 atom stereocenters. The third-order valence-electron chi connectivity index (χ3n) is 4.90. The molecule has 1 aliphatic heterocycles. The van der Waals surface area contributed by atoms with Gasteiger partial charge in [0.2, 0.25) is 0 Å². The third-order valence-corrected chi connectivity index (χ3v) is 4.90. The number of carbonyl (C=O) groups excluding carboxylic acids is 1. The van der Waals surface area contributed by atoms with E-state index in [1.165, 1.54) is 5.56 Å². The van der Waals surface area contributed by atoms with E-state index < -0.39 is 12.6 Å². The first-order valence-corrected chi connectivity index (χ1v) is 8.77. The van der Waals surface area contributed by atoms with Crippen LogP contribution in [0.3, 0.4) is 0 Å². The van der Waals surface area contributed by atoms with Gasteiger partial charge in [0.25, 0.3) is 5.91 Å². The predicted molar refractivity (Wildman–Crippen MR) is 98.5 cm³/mol. The molecule has 0 radical (unpaired) electrons. The van der Waals surface area contributed by atoms with Crippen LogP contribution in [0.25, 0.3) is 0 Å². The molecule has 2 aromatic rings. The summed E-state index contributed by atoms with van der Waals surface area (Å²) in [4.78, 5) is 25.5. The monoisotopic (exact) mass is 353 g/mol. The molecule has 0 aromatic heterocycles. The molecule has 2 aromatic carbocycles. The fourth-order valence-corrected chi connectivity index (χ4v) is 3.54. The zero-order valence-corrected chi connectivity index (χ0v) is 14.9. The van der Waals surface area contributed by atoms with Gasteiger partial charge in [0.15, 0.2) is 6.61 Å². The Bertz CT molecular complexity index is 790. The lowest BCUT2D eigenvalue weighted by atomic mass is 9.76. The van der Waals surface area contributed by atoms with Gasteiger partial charge in [0, 0.05) is 24.1 Å². The van der Waals surface area contributed by atoms with E-state index in [0.717, 1.165) is 19.4 Å². The molecular weight excluding hydrogens is 330 g/mol. The second kappa shape index (κ2) is 7.60. The summed E-state index contributed by atoms with van der Waals surface area (Å²) in [6, 6.07) is 17.0. The smallest absolute Gasteiger partial charge is 0.341 e. The molecule has 1 N–H and O–H groups in total.